The van der Waals surface area contributed by atoms with Gasteiger partial charge >= 0.3 is 23.9 Å². The maximum absolute atomic E-state index is 10.8. The van der Waals surface area contributed by atoms with Gasteiger partial charge < -0.3 is 0 Å². The molecule has 0 aromatic carbocycles. The van der Waals surface area contributed by atoms with E-state index in [2.05, 4.69) is 0 Å². The molecule has 1 atom stereocenters. The molecule has 0 aromatic heterocycles. The summed E-state index contributed by atoms with van der Waals surface area (Å²) in [7, 11) is 0. The molecule has 0 saturated heterocycles. The molecule has 0 heterocycles. The van der Waals surface area contributed by atoms with Crippen molar-refractivity contribution in [1.29, 1.82) is 0 Å². The average Bonchev–Trinajstić information content (AvgIpc) is 1.81. The van der Waals surface area contributed by atoms with E-state index in [0.29, 0.717) is 6.42 Å². The molecule has 1 unspecified atom stereocenters. The number of carbonyl (C=O) groups is 1. The van der Waals surface area contributed by atoms with E-state index >= 15 is 0 Å². The van der Waals surface area contributed by atoms with Crippen LogP contribution >= 0.6 is 23.2 Å². The van der Waals surface area contributed by atoms with Gasteiger partial charge in [-0.05, 0) is 19.8 Å². The summed E-state index contributed by atoms with van der Waals surface area (Å²) in [6.07, 6.45) is 1.40. The van der Waals surface area contributed by atoms with Crippen LogP contribution in [-0.4, -0.2) is 34.5 Å². The first-order valence-electron chi connectivity index (χ1n) is 3.36. The molecule has 0 saturated carbocycles. The van der Waals surface area contributed by atoms with Gasteiger partial charge in [0.15, 0.2) is 0 Å². The third-order valence-corrected chi connectivity index (χ3v) is 1.89. The van der Waals surface area contributed by atoms with E-state index in [9.17, 15) is 4.79 Å². The van der Waals surface area contributed by atoms with E-state index in [1.54, 1.807) is 6.92 Å². The Morgan fingerprint density at radius 3 is 2.00 bits per heavy atom. The van der Waals surface area contributed by atoms with Gasteiger partial charge in [0.1, 0.15) is 10.6 Å². The van der Waals surface area contributed by atoms with Crippen molar-refractivity contribution in [2.45, 2.75) is 31.5 Å². The first kappa shape index (κ1) is 14.6. The fourth-order valence-electron chi connectivity index (χ4n) is 0.835. The number of hydrogen-bond donors (Lipinski definition) is 0. The van der Waals surface area contributed by atoms with E-state index in [1.807, 2.05) is 6.92 Å². The number of halogens is 2. The molecule has 0 aliphatic heterocycles. The van der Waals surface area contributed by atoms with Crippen molar-refractivity contribution in [3.05, 3.63) is 0 Å². The van der Waals surface area contributed by atoms with Crippen LogP contribution in [0.5, 0.6) is 0 Å². The SMILES string of the molecule is CCC(CC(Cl)Cl)C(C)=O.[SnH2]. The molecule has 1 nitrogen and oxygen atoms in total. The van der Waals surface area contributed by atoms with E-state index in [4.69, 9.17) is 23.2 Å². The molecule has 0 N–H and O–H groups in total. The predicted molar refractivity (Wildman–Crippen MR) is 53.1 cm³/mol. The summed E-state index contributed by atoms with van der Waals surface area (Å²) < 4.78 is 0. The van der Waals surface area contributed by atoms with Crippen molar-refractivity contribution in [3.8, 4) is 0 Å². The van der Waals surface area contributed by atoms with Gasteiger partial charge in [0.05, 0.1) is 0 Å². The Morgan fingerprint density at radius 2 is 1.91 bits per heavy atom. The van der Waals surface area contributed by atoms with Crippen molar-refractivity contribution >= 4 is 52.9 Å². The third-order valence-electron chi connectivity index (χ3n) is 1.53. The van der Waals surface area contributed by atoms with Crippen LogP contribution in [0.3, 0.4) is 0 Å². The first-order chi connectivity index (χ1) is 4.57. The Kier molecular flexibility index (Phi) is 10.2. The van der Waals surface area contributed by atoms with Crippen LogP contribution in [0.25, 0.3) is 0 Å². The summed E-state index contributed by atoms with van der Waals surface area (Å²) in [6.45, 7) is 3.53. The second-order valence-electron chi connectivity index (χ2n) is 2.34. The molecule has 4 heteroatoms. The van der Waals surface area contributed by atoms with Gasteiger partial charge in [-0.25, -0.2) is 0 Å². The number of alkyl halides is 2. The summed E-state index contributed by atoms with van der Waals surface area (Å²) in [4.78, 5) is 10.4. The minimum absolute atomic E-state index is 0. The van der Waals surface area contributed by atoms with Gasteiger partial charge in [-0.15, -0.1) is 23.2 Å². The zero-order chi connectivity index (χ0) is 8.15. The number of Topliss-reactive ketones (excluding diaryl/α,β-unsaturated/α-hetero) is 1. The van der Waals surface area contributed by atoms with Crippen LogP contribution in [0.4, 0.5) is 0 Å². The molecule has 0 bridgehead atoms. The summed E-state index contributed by atoms with van der Waals surface area (Å²) in [5, 5.41) is 0. The summed E-state index contributed by atoms with van der Waals surface area (Å²) >= 11 is 11.0. The number of hydrogen-bond acceptors (Lipinski definition) is 1. The maximum atomic E-state index is 10.8. The Labute approximate surface area is 94.8 Å². The Morgan fingerprint density at radius 1 is 1.45 bits per heavy atom. The van der Waals surface area contributed by atoms with Crippen molar-refractivity contribution < 1.29 is 4.79 Å². The normalized spacial score (nSPS) is 12.5. The van der Waals surface area contributed by atoms with Gasteiger partial charge in [0.2, 0.25) is 0 Å². The molecule has 0 fully saturated rings. The number of rotatable bonds is 4. The number of carbonyl (C=O) groups excluding carboxylic acids is 1. The van der Waals surface area contributed by atoms with Crippen LogP contribution in [0.1, 0.15) is 26.7 Å². The second kappa shape index (κ2) is 7.69. The second-order valence-corrected chi connectivity index (χ2v) is 3.62. The van der Waals surface area contributed by atoms with Crippen LogP contribution < -0.4 is 0 Å². The Hall–Kier alpha value is 1.05. The Balaban J connectivity index is 0. The molecule has 0 aliphatic rings. The summed E-state index contributed by atoms with van der Waals surface area (Å²) in [5.41, 5.74) is 0. The Bertz CT molecular complexity index is 117. The monoisotopic (exact) mass is 304 g/mol. The standard InChI is InChI=1S/C7H12Cl2O.Sn.2H/c1-3-6(5(2)10)4-7(8)9;;;/h6-7H,3-4H2,1-2H3;;;. The van der Waals surface area contributed by atoms with Crippen molar-refractivity contribution in [1.82, 2.24) is 0 Å². The minimum atomic E-state index is -0.408. The van der Waals surface area contributed by atoms with Crippen molar-refractivity contribution in [3.63, 3.8) is 0 Å². The van der Waals surface area contributed by atoms with E-state index < -0.39 is 4.84 Å². The van der Waals surface area contributed by atoms with Gasteiger partial charge in [0, 0.05) is 5.92 Å². The van der Waals surface area contributed by atoms with Crippen LogP contribution in [-0.2, 0) is 4.79 Å². The van der Waals surface area contributed by atoms with Crippen molar-refractivity contribution in [2.75, 3.05) is 0 Å². The first-order valence-corrected chi connectivity index (χ1v) is 4.23. The average molecular weight is 304 g/mol. The molecule has 0 aromatic rings. The van der Waals surface area contributed by atoms with E-state index in [0.717, 1.165) is 6.42 Å². The summed E-state index contributed by atoms with van der Waals surface area (Å²) in [6, 6.07) is 0. The van der Waals surface area contributed by atoms with Gasteiger partial charge in [-0.3, -0.25) is 4.79 Å². The molecule has 0 spiro atoms. The van der Waals surface area contributed by atoms with Crippen LogP contribution in [0.15, 0.2) is 0 Å². The zero-order valence-electron chi connectivity index (χ0n) is 6.94. The fourth-order valence-corrected chi connectivity index (χ4v) is 1.27. The molecule has 66 valence electrons. The molecule has 0 aliphatic carbocycles. The zero-order valence-corrected chi connectivity index (χ0v) is 12.5. The van der Waals surface area contributed by atoms with E-state index in [-0.39, 0.29) is 35.6 Å². The van der Waals surface area contributed by atoms with Gasteiger partial charge in [-0.1, -0.05) is 6.92 Å². The molecular weight excluding hydrogens is 290 g/mol. The molecule has 11 heavy (non-hydrogen) atoms. The van der Waals surface area contributed by atoms with E-state index in [1.165, 1.54) is 0 Å². The van der Waals surface area contributed by atoms with Gasteiger partial charge in [0.25, 0.3) is 0 Å². The van der Waals surface area contributed by atoms with Gasteiger partial charge in [-0.2, -0.15) is 0 Å². The predicted octanol–water partition coefficient (Wildman–Crippen LogP) is 1.88. The molecular formula is C7H14Cl2OSn. The fraction of sp³-hybridized carbons (Fsp3) is 0.857. The third kappa shape index (κ3) is 7.41. The summed E-state index contributed by atoms with van der Waals surface area (Å²) in [5.74, 6) is 0.216. The molecule has 0 rings (SSSR count). The van der Waals surface area contributed by atoms with Crippen LogP contribution in [0, 0.1) is 5.92 Å². The molecule has 2 radical (unpaired) electrons. The molecule has 0 amide bonds. The quantitative estimate of drug-likeness (QED) is 0.572. The van der Waals surface area contributed by atoms with Crippen LogP contribution in [0.2, 0.25) is 0 Å². The van der Waals surface area contributed by atoms with Crippen molar-refractivity contribution in [2.24, 2.45) is 5.92 Å². The number of ketones is 1. The topological polar surface area (TPSA) is 17.1 Å².